The van der Waals surface area contributed by atoms with Crippen LogP contribution in [-0.4, -0.2) is 25.3 Å². The zero-order chi connectivity index (χ0) is 13.5. The van der Waals surface area contributed by atoms with Crippen molar-refractivity contribution in [2.75, 3.05) is 5.32 Å². The van der Waals surface area contributed by atoms with Gasteiger partial charge < -0.3 is 0 Å². The quantitative estimate of drug-likeness (QED) is 0.781. The minimum atomic E-state index is -0.279. The maximum Gasteiger partial charge on any atom is 0.278 e. The number of aryl methyl sites for hydroxylation is 2. The van der Waals surface area contributed by atoms with Gasteiger partial charge in [-0.25, -0.2) is 15.0 Å². The molecule has 0 saturated heterocycles. The lowest BCUT2D eigenvalue weighted by molar-refractivity contribution is 0.102. The van der Waals surface area contributed by atoms with Crippen molar-refractivity contribution in [3.63, 3.8) is 0 Å². The summed E-state index contributed by atoms with van der Waals surface area (Å²) in [6.07, 6.45) is 8.47. The largest absolute Gasteiger partial charge is 0.297 e. The van der Waals surface area contributed by atoms with Crippen LogP contribution in [0.15, 0.2) is 24.0 Å². The van der Waals surface area contributed by atoms with Crippen molar-refractivity contribution in [3.8, 4) is 0 Å². The second kappa shape index (κ2) is 4.38. The summed E-state index contributed by atoms with van der Waals surface area (Å²) in [5, 5.41) is 4.63. The predicted octanol–water partition coefficient (Wildman–Crippen LogP) is 1.93. The normalized spacial score (nSPS) is 13.6. The van der Waals surface area contributed by atoms with Gasteiger partial charge in [0.25, 0.3) is 5.91 Å². The first-order chi connectivity index (χ1) is 9.79. The summed E-state index contributed by atoms with van der Waals surface area (Å²) in [5.41, 5.74) is 2.60. The average Bonchev–Trinajstić information content (AvgIpc) is 3.12. The Morgan fingerprint density at radius 1 is 1.35 bits per heavy atom. The van der Waals surface area contributed by atoms with E-state index in [1.807, 2.05) is 16.0 Å². The minimum absolute atomic E-state index is 0.279. The third kappa shape index (κ3) is 1.87. The lowest BCUT2D eigenvalue weighted by Gasteiger charge is -2.03. The fraction of sp³-hybridized carbons (Fsp3) is 0.231. The van der Waals surface area contributed by atoms with Crippen LogP contribution < -0.4 is 5.32 Å². The molecule has 3 aromatic rings. The van der Waals surface area contributed by atoms with E-state index in [4.69, 9.17) is 0 Å². The van der Waals surface area contributed by atoms with Crippen LogP contribution in [0, 0.1) is 0 Å². The van der Waals surface area contributed by atoms with Gasteiger partial charge >= 0.3 is 0 Å². The molecule has 100 valence electrons. The summed E-state index contributed by atoms with van der Waals surface area (Å²) < 4.78 is 1.82. The molecule has 0 spiro atoms. The number of amides is 1. The van der Waals surface area contributed by atoms with Crippen LogP contribution in [0.5, 0.6) is 0 Å². The number of rotatable bonds is 2. The number of nitrogens with one attached hydrogen (secondary N) is 1. The Morgan fingerprint density at radius 3 is 3.20 bits per heavy atom. The van der Waals surface area contributed by atoms with E-state index in [9.17, 15) is 4.79 Å². The van der Waals surface area contributed by atoms with E-state index in [2.05, 4.69) is 20.3 Å². The zero-order valence-corrected chi connectivity index (χ0v) is 11.4. The Balaban J connectivity index is 1.59. The number of nitrogens with zero attached hydrogens (tertiary/aromatic N) is 4. The lowest BCUT2D eigenvalue weighted by atomic mass is 10.3. The van der Waals surface area contributed by atoms with Gasteiger partial charge in [0.15, 0.2) is 4.96 Å². The van der Waals surface area contributed by atoms with Crippen molar-refractivity contribution in [2.45, 2.75) is 19.3 Å². The van der Waals surface area contributed by atoms with E-state index in [0.717, 1.165) is 29.9 Å². The van der Waals surface area contributed by atoms with E-state index >= 15 is 0 Å². The summed E-state index contributed by atoms with van der Waals surface area (Å²) in [7, 11) is 0. The first kappa shape index (κ1) is 11.5. The van der Waals surface area contributed by atoms with Crippen LogP contribution in [0.25, 0.3) is 4.96 Å². The fourth-order valence-corrected chi connectivity index (χ4v) is 3.08. The predicted molar refractivity (Wildman–Crippen MR) is 75.1 cm³/mol. The van der Waals surface area contributed by atoms with Gasteiger partial charge in [-0.3, -0.25) is 14.5 Å². The van der Waals surface area contributed by atoms with Crippen molar-refractivity contribution >= 4 is 28.2 Å². The summed E-state index contributed by atoms with van der Waals surface area (Å²) in [4.78, 5) is 25.7. The zero-order valence-electron chi connectivity index (χ0n) is 10.5. The summed E-state index contributed by atoms with van der Waals surface area (Å²) in [6, 6.07) is 0. The number of hydrogen-bond acceptors (Lipinski definition) is 5. The SMILES string of the molecule is O=C(Nc1ncc2c(n1)CCC2)c1cn2ccsc2n1. The first-order valence-electron chi connectivity index (χ1n) is 6.38. The highest BCUT2D eigenvalue weighted by Gasteiger charge is 2.16. The monoisotopic (exact) mass is 285 g/mol. The van der Waals surface area contributed by atoms with Crippen molar-refractivity contribution < 1.29 is 4.79 Å². The number of carbonyl (C=O) groups excluding carboxylic acids is 1. The smallest absolute Gasteiger partial charge is 0.278 e. The summed E-state index contributed by atoms with van der Waals surface area (Å²) in [6.45, 7) is 0. The number of hydrogen-bond donors (Lipinski definition) is 1. The van der Waals surface area contributed by atoms with Gasteiger partial charge in [0.2, 0.25) is 5.95 Å². The molecule has 3 heterocycles. The molecule has 1 aliphatic rings. The van der Waals surface area contributed by atoms with Gasteiger partial charge in [0.1, 0.15) is 5.69 Å². The Kier molecular flexibility index (Phi) is 2.53. The van der Waals surface area contributed by atoms with Gasteiger partial charge in [-0.05, 0) is 24.8 Å². The molecule has 0 aromatic carbocycles. The molecule has 0 aliphatic heterocycles. The standard InChI is InChI=1S/C13H11N5OS/c19-11(10-7-18-4-5-20-13(18)16-10)17-12-14-6-8-2-1-3-9(8)15-12/h4-7H,1-3H2,(H,14,15,17,19). The summed E-state index contributed by atoms with van der Waals surface area (Å²) in [5.74, 6) is 0.0749. The number of aromatic nitrogens is 4. The highest BCUT2D eigenvalue weighted by atomic mass is 32.1. The van der Waals surface area contributed by atoms with Crippen LogP contribution in [0.4, 0.5) is 5.95 Å². The van der Waals surface area contributed by atoms with Crippen molar-refractivity contribution in [3.05, 3.63) is 40.9 Å². The molecule has 0 unspecified atom stereocenters. The van der Waals surface area contributed by atoms with E-state index in [1.165, 1.54) is 16.9 Å². The lowest BCUT2D eigenvalue weighted by Crippen LogP contribution is -2.15. The number of thiazole rings is 1. The third-order valence-electron chi connectivity index (χ3n) is 3.37. The molecule has 0 saturated carbocycles. The molecule has 7 heteroatoms. The van der Waals surface area contributed by atoms with E-state index in [0.29, 0.717) is 11.6 Å². The van der Waals surface area contributed by atoms with Gasteiger partial charge in [-0.1, -0.05) is 0 Å². The van der Waals surface area contributed by atoms with Gasteiger partial charge in [-0.2, -0.15) is 0 Å². The van der Waals surface area contributed by atoms with E-state index in [1.54, 1.807) is 12.4 Å². The molecule has 3 aromatic heterocycles. The Hall–Kier alpha value is -2.28. The molecule has 0 fully saturated rings. The molecule has 1 amide bonds. The van der Waals surface area contributed by atoms with Gasteiger partial charge in [-0.15, -0.1) is 11.3 Å². The number of anilines is 1. The van der Waals surface area contributed by atoms with Crippen LogP contribution in [-0.2, 0) is 12.8 Å². The maximum absolute atomic E-state index is 12.1. The molecular formula is C13H11N5OS. The molecule has 0 bridgehead atoms. The second-order valence-corrected chi connectivity index (χ2v) is 5.57. The molecule has 1 aliphatic carbocycles. The van der Waals surface area contributed by atoms with Crippen LogP contribution in [0.3, 0.4) is 0 Å². The Morgan fingerprint density at radius 2 is 2.30 bits per heavy atom. The Bertz CT molecular complexity index is 778. The molecule has 20 heavy (non-hydrogen) atoms. The minimum Gasteiger partial charge on any atom is -0.297 e. The van der Waals surface area contributed by atoms with Crippen LogP contribution in [0.2, 0.25) is 0 Å². The molecule has 1 N–H and O–H groups in total. The molecule has 4 rings (SSSR count). The van der Waals surface area contributed by atoms with Gasteiger partial charge in [0.05, 0.1) is 0 Å². The average molecular weight is 285 g/mol. The van der Waals surface area contributed by atoms with Crippen molar-refractivity contribution in [1.82, 2.24) is 19.4 Å². The van der Waals surface area contributed by atoms with Crippen molar-refractivity contribution in [1.29, 1.82) is 0 Å². The fourth-order valence-electron chi connectivity index (χ4n) is 2.38. The third-order valence-corrected chi connectivity index (χ3v) is 4.14. The second-order valence-electron chi connectivity index (χ2n) is 4.69. The van der Waals surface area contributed by atoms with Crippen LogP contribution >= 0.6 is 11.3 Å². The summed E-state index contributed by atoms with van der Waals surface area (Å²) >= 11 is 1.49. The van der Waals surface area contributed by atoms with Gasteiger partial charge in [0, 0.05) is 29.7 Å². The topological polar surface area (TPSA) is 72.2 Å². The van der Waals surface area contributed by atoms with E-state index in [-0.39, 0.29) is 5.91 Å². The molecule has 0 atom stereocenters. The highest BCUT2D eigenvalue weighted by Crippen LogP contribution is 2.20. The molecule has 0 radical (unpaired) electrons. The number of imidazole rings is 1. The highest BCUT2D eigenvalue weighted by molar-refractivity contribution is 7.15. The molecule has 6 nitrogen and oxygen atoms in total. The first-order valence-corrected chi connectivity index (χ1v) is 7.26. The molecular weight excluding hydrogens is 274 g/mol. The number of fused-ring (bicyclic) bond motifs is 2. The maximum atomic E-state index is 12.1. The van der Waals surface area contributed by atoms with Crippen LogP contribution in [0.1, 0.15) is 28.2 Å². The Labute approximate surface area is 118 Å². The van der Waals surface area contributed by atoms with Crippen molar-refractivity contribution in [2.24, 2.45) is 0 Å². The van der Waals surface area contributed by atoms with E-state index < -0.39 is 0 Å². The number of carbonyl (C=O) groups is 1.